The van der Waals surface area contributed by atoms with Crippen molar-refractivity contribution in [1.82, 2.24) is 5.32 Å². The van der Waals surface area contributed by atoms with Crippen molar-refractivity contribution >= 4 is 17.3 Å². The zero-order valence-electron chi connectivity index (χ0n) is 12.1. The number of hydrogen-bond donors (Lipinski definition) is 1. The summed E-state index contributed by atoms with van der Waals surface area (Å²) < 4.78 is 27.4. The van der Waals surface area contributed by atoms with Crippen LogP contribution < -0.4 is 10.2 Å². The zero-order chi connectivity index (χ0) is 14.9. The Morgan fingerprint density at radius 1 is 1.40 bits per heavy atom. The lowest BCUT2D eigenvalue weighted by atomic mass is 9.96. The number of rotatable bonds is 3. The van der Waals surface area contributed by atoms with E-state index < -0.39 is 11.6 Å². The van der Waals surface area contributed by atoms with E-state index in [4.69, 9.17) is 11.6 Å². The molecule has 1 aliphatic heterocycles. The smallest absolute Gasteiger partial charge is 0.150 e. The van der Waals surface area contributed by atoms with Crippen LogP contribution in [0.2, 0.25) is 5.02 Å². The molecule has 112 valence electrons. The lowest BCUT2D eigenvalue weighted by Crippen LogP contribution is -2.58. The molecule has 0 amide bonds. The third kappa shape index (κ3) is 3.07. The van der Waals surface area contributed by atoms with Gasteiger partial charge in [-0.2, -0.15) is 0 Å². The minimum Gasteiger partial charge on any atom is -0.362 e. The molecule has 0 saturated carbocycles. The molecule has 0 radical (unpaired) electrons. The van der Waals surface area contributed by atoms with E-state index in [1.807, 2.05) is 4.90 Å². The average molecular weight is 303 g/mol. The molecule has 5 heteroatoms. The first-order chi connectivity index (χ1) is 9.43. The molecule has 1 aromatic carbocycles. The van der Waals surface area contributed by atoms with Gasteiger partial charge in [0.15, 0.2) is 5.82 Å². The van der Waals surface area contributed by atoms with E-state index in [9.17, 15) is 8.78 Å². The Bertz CT molecular complexity index is 456. The predicted molar refractivity (Wildman–Crippen MR) is 79.4 cm³/mol. The van der Waals surface area contributed by atoms with Gasteiger partial charge < -0.3 is 10.2 Å². The van der Waals surface area contributed by atoms with Crippen LogP contribution in [-0.4, -0.2) is 25.2 Å². The van der Waals surface area contributed by atoms with Gasteiger partial charge in [0.25, 0.3) is 0 Å². The zero-order valence-corrected chi connectivity index (χ0v) is 12.8. The second-order valence-electron chi connectivity index (χ2n) is 5.70. The van der Waals surface area contributed by atoms with Crippen molar-refractivity contribution in [3.05, 3.63) is 28.8 Å². The number of anilines is 1. The Labute approximate surface area is 124 Å². The average Bonchev–Trinajstić information content (AvgIpc) is 2.37. The molecule has 1 fully saturated rings. The molecule has 2 nitrogen and oxygen atoms in total. The van der Waals surface area contributed by atoms with Gasteiger partial charge in [0.05, 0.1) is 10.7 Å². The monoisotopic (exact) mass is 302 g/mol. The van der Waals surface area contributed by atoms with E-state index in [0.717, 1.165) is 19.0 Å². The molecule has 2 atom stereocenters. The second-order valence-corrected chi connectivity index (χ2v) is 6.10. The highest BCUT2D eigenvalue weighted by Crippen LogP contribution is 2.34. The summed E-state index contributed by atoms with van der Waals surface area (Å²) in [6.07, 6.45) is 0.960. The van der Waals surface area contributed by atoms with Crippen molar-refractivity contribution in [1.29, 1.82) is 0 Å². The van der Waals surface area contributed by atoms with Crippen LogP contribution >= 0.6 is 11.6 Å². The lowest BCUT2D eigenvalue weighted by Gasteiger charge is -2.44. The first-order valence-corrected chi connectivity index (χ1v) is 7.46. The minimum absolute atomic E-state index is 0.143. The van der Waals surface area contributed by atoms with Crippen LogP contribution in [0.5, 0.6) is 0 Å². The predicted octanol–water partition coefficient (Wildman–Crippen LogP) is 3.83. The number of hydrogen-bond acceptors (Lipinski definition) is 2. The van der Waals surface area contributed by atoms with E-state index in [0.29, 0.717) is 24.2 Å². The standard InChI is InChI=1S/C15H21ClF2N2/c1-4-11-8-20(14(7-19-11)9(2)3)15-12(16)5-10(17)6-13(15)18/h5-6,9,11,14,19H,4,7-8H2,1-3H3. The molecule has 0 aliphatic carbocycles. The summed E-state index contributed by atoms with van der Waals surface area (Å²) in [6.45, 7) is 7.75. The van der Waals surface area contributed by atoms with Crippen LogP contribution in [0.25, 0.3) is 0 Å². The fourth-order valence-electron chi connectivity index (χ4n) is 2.77. The van der Waals surface area contributed by atoms with Gasteiger partial charge in [-0.3, -0.25) is 0 Å². The van der Waals surface area contributed by atoms with Crippen LogP contribution in [0.3, 0.4) is 0 Å². The van der Waals surface area contributed by atoms with Gasteiger partial charge in [-0.25, -0.2) is 8.78 Å². The van der Waals surface area contributed by atoms with Gasteiger partial charge in [0, 0.05) is 31.2 Å². The van der Waals surface area contributed by atoms with Gasteiger partial charge in [-0.15, -0.1) is 0 Å². The Kier molecular flexibility index (Phi) is 4.86. The van der Waals surface area contributed by atoms with E-state index in [1.54, 1.807) is 0 Å². The molecule has 1 aliphatic rings. The molecular weight excluding hydrogens is 282 g/mol. The van der Waals surface area contributed by atoms with Crippen molar-refractivity contribution in [2.45, 2.75) is 39.3 Å². The maximum Gasteiger partial charge on any atom is 0.150 e. The second kappa shape index (κ2) is 6.27. The highest BCUT2D eigenvalue weighted by atomic mass is 35.5. The summed E-state index contributed by atoms with van der Waals surface area (Å²) in [5, 5.41) is 3.61. The first kappa shape index (κ1) is 15.5. The van der Waals surface area contributed by atoms with Gasteiger partial charge in [0.1, 0.15) is 5.82 Å². The van der Waals surface area contributed by atoms with Gasteiger partial charge in [-0.05, 0) is 18.4 Å². The molecule has 1 aromatic rings. The number of piperazine rings is 1. The van der Waals surface area contributed by atoms with E-state index in [1.165, 1.54) is 6.07 Å². The maximum absolute atomic E-state index is 14.2. The van der Waals surface area contributed by atoms with Crippen molar-refractivity contribution in [2.24, 2.45) is 5.92 Å². The number of halogens is 3. The van der Waals surface area contributed by atoms with Crippen LogP contribution in [-0.2, 0) is 0 Å². The number of nitrogens with zero attached hydrogens (tertiary/aromatic N) is 1. The van der Waals surface area contributed by atoms with Gasteiger partial charge in [0.2, 0.25) is 0 Å². The Balaban J connectivity index is 2.40. The van der Waals surface area contributed by atoms with E-state index in [2.05, 4.69) is 26.1 Å². The van der Waals surface area contributed by atoms with E-state index >= 15 is 0 Å². The topological polar surface area (TPSA) is 15.3 Å². The van der Waals surface area contributed by atoms with Crippen molar-refractivity contribution in [3.63, 3.8) is 0 Å². The molecule has 0 spiro atoms. The molecule has 1 saturated heterocycles. The van der Waals surface area contributed by atoms with Crippen molar-refractivity contribution < 1.29 is 8.78 Å². The van der Waals surface area contributed by atoms with Crippen LogP contribution in [0.1, 0.15) is 27.2 Å². The number of nitrogens with one attached hydrogen (secondary N) is 1. The molecule has 0 aromatic heterocycles. The summed E-state index contributed by atoms with van der Waals surface area (Å²) in [6, 6.07) is 2.53. The molecule has 0 bridgehead atoms. The molecule has 1 heterocycles. The van der Waals surface area contributed by atoms with Crippen LogP contribution in [0, 0.1) is 17.6 Å². The highest BCUT2D eigenvalue weighted by molar-refractivity contribution is 6.33. The lowest BCUT2D eigenvalue weighted by molar-refractivity contribution is 0.331. The summed E-state index contributed by atoms with van der Waals surface area (Å²) in [7, 11) is 0. The highest BCUT2D eigenvalue weighted by Gasteiger charge is 2.32. The van der Waals surface area contributed by atoms with Gasteiger partial charge in [-0.1, -0.05) is 32.4 Å². The molecule has 2 rings (SSSR count). The quantitative estimate of drug-likeness (QED) is 0.913. The maximum atomic E-state index is 14.2. The Morgan fingerprint density at radius 3 is 2.65 bits per heavy atom. The van der Waals surface area contributed by atoms with Gasteiger partial charge >= 0.3 is 0 Å². The molecule has 1 N–H and O–H groups in total. The van der Waals surface area contributed by atoms with Crippen LogP contribution in [0.15, 0.2) is 12.1 Å². The number of benzene rings is 1. The minimum atomic E-state index is -0.639. The summed E-state index contributed by atoms with van der Waals surface area (Å²) in [5.74, 6) is -0.877. The molecular formula is C15H21ClF2N2. The third-order valence-corrected chi connectivity index (χ3v) is 4.25. The largest absolute Gasteiger partial charge is 0.362 e. The van der Waals surface area contributed by atoms with E-state index in [-0.39, 0.29) is 11.1 Å². The Morgan fingerprint density at radius 2 is 2.10 bits per heavy atom. The summed E-state index contributed by atoms with van der Waals surface area (Å²) in [4.78, 5) is 1.99. The normalized spacial score (nSPS) is 23.4. The fraction of sp³-hybridized carbons (Fsp3) is 0.600. The summed E-state index contributed by atoms with van der Waals surface area (Å²) >= 11 is 6.09. The fourth-order valence-corrected chi connectivity index (χ4v) is 3.07. The SMILES string of the molecule is CCC1CN(c2c(F)cc(F)cc2Cl)C(C(C)C)CN1. The third-order valence-electron chi connectivity index (χ3n) is 3.96. The Hall–Kier alpha value is -0.870. The summed E-state index contributed by atoms with van der Waals surface area (Å²) in [5.41, 5.74) is 0.326. The molecule has 20 heavy (non-hydrogen) atoms. The first-order valence-electron chi connectivity index (χ1n) is 7.08. The van der Waals surface area contributed by atoms with Crippen molar-refractivity contribution in [3.8, 4) is 0 Å². The van der Waals surface area contributed by atoms with Crippen molar-refractivity contribution in [2.75, 3.05) is 18.0 Å². The molecule has 2 unspecified atom stereocenters. The van der Waals surface area contributed by atoms with Crippen LogP contribution in [0.4, 0.5) is 14.5 Å².